The topological polar surface area (TPSA) is 85.7 Å². The lowest BCUT2D eigenvalue weighted by Gasteiger charge is -2.27. The number of anilines is 1. The van der Waals surface area contributed by atoms with Gasteiger partial charge in [-0.05, 0) is 31.2 Å². The summed E-state index contributed by atoms with van der Waals surface area (Å²) in [6.07, 6.45) is 1.48. The number of aromatic nitrogens is 2. The first-order valence-corrected chi connectivity index (χ1v) is 9.07. The van der Waals surface area contributed by atoms with Crippen molar-refractivity contribution in [3.63, 3.8) is 0 Å². The molecule has 1 aromatic carbocycles. The standard InChI is InChI=1S/C18H21ClN4O4/c1-2-23-17(18(25)22-7-9-26-10-8-22)15(11-20-23)21-16(24)12-27-14-5-3-13(19)4-6-14/h3-6,11H,2,7-10,12H2,1H3,(H,21,24). The number of rotatable bonds is 6. The molecule has 1 fully saturated rings. The quantitative estimate of drug-likeness (QED) is 0.813. The number of halogens is 1. The second-order valence-corrected chi connectivity index (χ2v) is 6.35. The van der Waals surface area contributed by atoms with E-state index in [1.54, 1.807) is 33.8 Å². The van der Waals surface area contributed by atoms with Crippen molar-refractivity contribution in [2.75, 3.05) is 38.2 Å². The van der Waals surface area contributed by atoms with E-state index < -0.39 is 0 Å². The van der Waals surface area contributed by atoms with Gasteiger partial charge in [0.1, 0.15) is 11.4 Å². The predicted octanol–water partition coefficient (Wildman–Crippen LogP) is 2.05. The highest BCUT2D eigenvalue weighted by Crippen LogP contribution is 2.19. The summed E-state index contributed by atoms with van der Waals surface area (Å²) in [5.41, 5.74) is 0.734. The molecule has 0 unspecified atom stereocenters. The van der Waals surface area contributed by atoms with Crippen molar-refractivity contribution in [3.8, 4) is 5.75 Å². The Bertz CT molecular complexity index is 800. The highest BCUT2D eigenvalue weighted by atomic mass is 35.5. The second-order valence-electron chi connectivity index (χ2n) is 5.92. The molecule has 0 aliphatic carbocycles. The molecule has 1 aliphatic heterocycles. The van der Waals surface area contributed by atoms with E-state index in [2.05, 4.69) is 10.4 Å². The normalized spacial score (nSPS) is 14.1. The highest BCUT2D eigenvalue weighted by molar-refractivity contribution is 6.30. The fraction of sp³-hybridized carbons (Fsp3) is 0.389. The van der Waals surface area contributed by atoms with Gasteiger partial charge in [-0.1, -0.05) is 11.6 Å². The van der Waals surface area contributed by atoms with Gasteiger partial charge in [0.25, 0.3) is 11.8 Å². The van der Waals surface area contributed by atoms with Gasteiger partial charge in [-0.25, -0.2) is 0 Å². The van der Waals surface area contributed by atoms with Crippen molar-refractivity contribution >= 4 is 29.1 Å². The molecule has 1 N–H and O–H groups in total. The number of hydrogen-bond donors (Lipinski definition) is 1. The van der Waals surface area contributed by atoms with Crippen LogP contribution in [-0.2, 0) is 16.1 Å². The minimum atomic E-state index is -0.378. The Kier molecular flexibility index (Phi) is 6.31. The Hall–Kier alpha value is -2.58. The van der Waals surface area contributed by atoms with Gasteiger partial charge in [0.15, 0.2) is 6.61 Å². The summed E-state index contributed by atoms with van der Waals surface area (Å²) in [5.74, 6) is -0.0216. The number of benzene rings is 1. The number of carbonyl (C=O) groups is 2. The molecule has 1 aromatic heterocycles. The number of hydrogen-bond acceptors (Lipinski definition) is 5. The van der Waals surface area contributed by atoms with Crippen LogP contribution >= 0.6 is 11.6 Å². The van der Waals surface area contributed by atoms with E-state index >= 15 is 0 Å². The van der Waals surface area contributed by atoms with E-state index in [0.717, 1.165) is 0 Å². The second kappa shape index (κ2) is 8.88. The Morgan fingerprint density at radius 2 is 1.96 bits per heavy atom. The number of carbonyl (C=O) groups excluding carboxylic acids is 2. The number of nitrogens with one attached hydrogen (secondary N) is 1. The molecule has 1 saturated heterocycles. The Labute approximate surface area is 162 Å². The van der Waals surface area contributed by atoms with Crippen LogP contribution in [0.15, 0.2) is 30.5 Å². The van der Waals surface area contributed by atoms with Gasteiger partial charge in [0.2, 0.25) is 0 Å². The average molecular weight is 393 g/mol. The van der Waals surface area contributed by atoms with E-state index in [1.165, 1.54) is 6.20 Å². The van der Waals surface area contributed by atoms with Crippen LogP contribution < -0.4 is 10.1 Å². The van der Waals surface area contributed by atoms with E-state index in [-0.39, 0.29) is 18.4 Å². The van der Waals surface area contributed by atoms with Gasteiger partial charge >= 0.3 is 0 Å². The fourth-order valence-electron chi connectivity index (χ4n) is 2.72. The molecule has 0 bridgehead atoms. The summed E-state index contributed by atoms with van der Waals surface area (Å²) in [7, 11) is 0. The van der Waals surface area contributed by atoms with Gasteiger partial charge in [-0.3, -0.25) is 14.3 Å². The Balaban J connectivity index is 1.67. The zero-order valence-electron chi connectivity index (χ0n) is 15.0. The minimum Gasteiger partial charge on any atom is -0.484 e. The summed E-state index contributed by atoms with van der Waals surface area (Å²) < 4.78 is 12.3. The van der Waals surface area contributed by atoms with Crippen LogP contribution in [0.1, 0.15) is 17.4 Å². The molecule has 2 aromatic rings. The zero-order valence-corrected chi connectivity index (χ0v) is 15.7. The number of aryl methyl sites for hydroxylation is 1. The summed E-state index contributed by atoms with van der Waals surface area (Å²) in [5, 5.41) is 7.50. The molecule has 1 aliphatic rings. The molecule has 0 atom stereocenters. The third kappa shape index (κ3) is 4.78. The van der Waals surface area contributed by atoms with E-state index in [1.807, 2.05) is 6.92 Å². The third-order valence-corrected chi connectivity index (χ3v) is 4.35. The van der Waals surface area contributed by atoms with Crippen molar-refractivity contribution in [2.45, 2.75) is 13.5 Å². The maximum atomic E-state index is 12.9. The fourth-order valence-corrected chi connectivity index (χ4v) is 2.85. The van der Waals surface area contributed by atoms with Crippen LogP contribution in [0.25, 0.3) is 0 Å². The first kappa shape index (κ1) is 19.2. The molecule has 0 saturated carbocycles. The molecule has 8 nitrogen and oxygen atoms in total. The third-order valence-electron chi connectivity index (χ3n) is 4.10. The summed E-state index contributed by atoms with van der Waals surface area (Å²) >= 11 is 5.82. The van der Waals surface area contributed by atoms with Crippen molar-refractivity contribution in [3.05, 3.63) is 41.2 Å². The van der Waals surface area contributed by atoms with Crippen molar-refractivity contribution in [1.29, 1.82) is 0 Å². The highest BCUT2D eigenvalue weighted by Gasteiger charge is 2.26. The van der Waals surface area contributed by atoms with Gasteiger partial charge in [-0.2, -0.15) is 5.10 Å². The zero-order chi connectivity index (χ0) is 19.2. The molecular formula is C18H21ClN4O4. The van der Waals surface area contributed by atoms with Crippen LogP contribution in [0, 0.1) is 0 Å². The number of amides is 2. The molecule has 2 heterocycles. The van der Waals surface area contributed by atoms with Gasteiger partial charge in [0.05, 0.1) is 25.1 Å². The lowest BCUT2D eigenvalue weighted by atomic mass is 10.3. The van der Waals surface area contributed by atoms with Crippen LogP contribution in [0.5, 0.6) is 5.75 Å². The molecule has 0 spiro atoms. The monoisotopic (exact) mass is 392 g/mol. The lowest BCUT2D eigenvalue weighted by molar-refractivity contribution is -0.118. The molecule has 0 radical (unpaired) electrons. The summed E-state index contributed by atoms with van der Waals surface area (Å²) in [4.78, 5) is 26.8. The lowest BCUT2D eigenvalue weighted by Crippen LogP contribution is -2.41. The SMILES string of the molecule is CCn1ncc(NC(=O)COc2ccc(Cl)cc2)c1C(=O)N1CCOCC1. The van der Waals surface area contributed by atoms with Crippen LogP contribution in [0.4, 0.5) is 5.69 Å². The molecule has 3 rings (SSSR count). The van der Waals surface area contributed by atoms with Gasteiger partial charge < -0.3 is 19.7 Å². The largest absolute Gasteiger partial charge is 0.484 e. The average Bonchev–Trinajstić information content (AvgIpc) is 3.10. The minimum absolute atomic E-state index is 0.174. The predicted molar refractivity (Wildman–Crippen MR) is 100 cm³/mol. The van der Waals surface area contributed by atoms with Gasteiger partial charge in [-0.15, -0.1) is 0 Å². The van der Waals surface area contributed by atoms with Gasteiger partial charge in [0, 0.05) is 24.7 Å². The Morgan fingerprint density at radius 3 is 2.63 bits per heavy atom. The van der Waals surface area contributed by atoms with Crippen LogP contribution in [-0.4, -0.2) is 59.4 Å². The number of nitrogens with zero attached hydrogens (tertiary/aromatic N) is 3. The first-order valence-electron chi connectivity index (χ1n) is 8.69. The molecular weight excluding hydrogens is 372 g/mol. The van der Waals surface area contributed by atoms with E-state index in [0.29, 0.717) is 55.0 Å². The summed E-state index contributed by atoms with van der Waals surface area (Å²) in [6.45, 7) is 4.25. The maximum Gasteiger partial charge on any atom is 0.274 e. The smallest absolute Gasteiger partial charge is 0.274 e. The van der Waals surface area contributed by atoms with E-state index in [9.17, 15) is 9.59 Å². The molecule has 2 amide bonds. The maximum absolute atomic E-state index is 12.9. The number of ether oxygens (including phenoxy) is 2. The molecule has 9 heteroatoms. The van der Waals surface area contributed by atoms with Crippen molar-refractivity contribution in [2.24, 2.45) is 0 Å². The molecule has 27 heavy (non-hydrogen) atoms. The van der Waals surface area contributed by atoms with Crippen molar-refractivity contribution < 1.29 is 19.1 Å². The Morgan fingerprint density at radius 1 is 1.26 bits per heavy atom. The van der Waals surface area contributed by atoms with Crippen molar-refractivity contribution in [1.82, 2.24) is 14.7 Å². The van der Waals surface area contributed by atoms with Crippen LogP contribution in [0.2, 0.25) is 5.02 Å². The molecule has 144 valence electrons. The van der Waals surface area contributed by atoms with E-state index in [4.69, 9.17) is 21.1 Å². The number of morpholine rings is 1. The summed E-state index contributed by atoms with van der Waals surface area (Å²) in [6, 6.07) is 6.72. The first-order chi connectivity index (χ1) is 13.1. The van der Waals surface area contributed by atoms with Crippen LogP contribution in [0.3, 0.4) is 0 Å².